The van der Waals surface area contributed by atoms with Gasteiger partial charge in [0.1, 0.15) is 8.88 Å². The van der Waals surface area contributed by atoms with Crippen LogP contribution >= 0.6 is 8.88 Å². The van der Waals surface area contributed by atoms with E-state index in [1.54, 1.807) is 4.45 Å². The molecule has 2 aromatic rings. The highest BCUT2D eigenvalue weighted by atomic mass is 31.1. The summed E-state index contributed by atoms with van der Waals surface area (Å²) in [6.45, 7) is 0. The van der Waals surface area contributed by atoms with Crippen LogP contribution in [0.25, 0.3) is 11.4 Å². The summed E-state index contributed by atoms with van der Waals surface area (Å²) in [6.07, 6.45) is 0. The zero-order valence-electron chi connectivity index (χ0n) is 12.1. The standard InChI is InChI=1S/C12H20N7P/c1-16(2)19(17(3)4)20-18-12(13)14-11(15-18)10-8-6-5-7-9-10/h5-9,20H,1-4H3,(H2,13,14,15). The van der Waals surface area contributed by atoms with E-state index in [-0.39, 0.29) is 8.88 Å². The second-order valence-corrected chi connectivity index (χ2v) is 5.68. The fraction of sp³-hybridized carbons (Fsp3) is 0.333. The summed E-state index contributed by atoms with van der Waals surface area (Å²) in [6, 6.07) is 9.82. The molecule has 0 aliphatic carbocycles. The van der Waals surface area contributed by atoms with Crippen molar-refractivity contribution >= 4 is 14.8 Å². The molecular formula is C12H20N7P. The molecule has 0 saturated heterocycles. The fourth-order valence-electron chi connectivity index (χ4n) is 1.73. The Balaban J connectivity index is 2.24. The van der Waals surface area contributed by atoms with E-state index in [0.29, 0.717) is 11.8 Å². The third kappa shape index (κ3) is 3.32. The first-order valence-corrected chi connectivity index (χ1v) is 7.07. The summed E-state index contributed by atoms with van der Waals surface area (Å²) in [4.78, 5) is 6.34. The molecule has 8 heteroatoms. The van der Waals surface area contributed by atoms with Crippen LogP contribution in [0, 0.1) is 0 Å². The maximum Gasteiger partial charge on any atom is 0.223 e. The Kier molecular flexibility index (Phi) is 4.67. The predicted molar refractivity (Wildman–Crippen MR) is 82.8 cm³/mol. The molecule has 0 saturated carbocycles. The highest BCUT2D eigenvalue weighted by molar-refractivity contribution is 7.33. The van der Waals surface area contributed by atoms with Crippen molar-refractivity contribution in [1.29, 1.82) is 0 Å². The molecule has 0 aliphatic heterocycles. The third-order valence-corrected chi connectivity index (χ3v) is 4.10. The molecule has 0 spiro atoms. The highest BCUT2D eigenvalue weighted by Gasteiger charge is 2.15. The van der Waals surface area contributed by atoms with Crippen LogP contribution in [0.1, 0.15) is 0 Å². The van der Waals surface area contributed by atoms with E-state index in [2.05, 4.69) is 10.1 Å². The molecule has 7 nitrogen and oxygen atoms in total. The Hall–Kier alpha value is -1.53. The largest absolute Gasteiger partial charge is 0.368 e. The summed E-state index contributed by atoms with van der Waals surface area (Å²) < 4.78 is 1.71. The van der Waals surface area contributed by atoms with Gasteiger partial charge in [-0.05, 0) is 0 Å². The molecule has 1 heterocycles. The number of rotatable bonds is 5. The first kappa shape index (κ1) is 14.9. The normalized spacial score (nSPS) is 12.3. The summed E-state index contributed by atoms with van der Waals surface area (Å²) in [5.74, 6) is 1.06. The van der Waals surface area contributed by atoms with Gasteiger partial charge in [-0.3, -0.25) is 0 Å². The van der Waals surface area contributed by atoms with Crippen LogP contribution in [0.2, 0.25) is 0 Å². The number of hydrogen-bond acceptors (Lipinski definition) is 6. The number of nitrogens with zero attached hydrogens (tertiary/aromatic N) is 6. The summed E-state index contributed by atoms with van der Waals surface area (Å²) >= 11 is 0. The molecule has 0 fully saturated rings. The second-order valence-electron chi connectivity index (χ2n) is 4.66. The van der Waals surface area contributed by atoms with Crippen LogP contribution < -0.4 is 5.73 Å². The summed E-state index contributed by atoms with van der Waals surface area (Å²) in [5, 5.41) is 8.43. The van der Waals surface area contributed by atoms with Gasteiger partial charge in [0.2, 0.25) is 5.95 Å². The first-order valence-electron chi connectivity index (χ1n) is 6.18. The highest BCUT2D eigenvalue weighted by Crippen LogP contribution is 2.26. The Morgan fingerprint density at radius 1 is 1.05 bits per heavy atom. The van der Waals surface area contributed by atoms with Crippen molar-refractivity contribution in [1.82, 2.24) is 29.4 Å². The van der Waals surface area contributed by atoms with Crippen molar-refractivity contribution in [2.24, 2.45) is 0 Å². The van der Waals surface area contributed by atoms with Crippen LogP contribution in [-0.4, -0.2) is 57.6 Å². The van der Waals surface area contributed by atoms with Gasteiger partial charge in [0.15, 0.2) is 5.82 Å². The van der Waals surface area contributed by atoms with Crippen molar-refractivity contribution in [3.8, 4) is 11.4 Å². The molecule has 0 aliphatic rings. The van der Waals surface area contributed by atoms with Gasteiger partial charge in [-0.2, -0.15) is 9.44 Å². The lowest BCUT2D eigenvalue weighted by molar-refractivity contribution is -0.0380. The number of nitrogen functional groups attached to an aromatic ring is 1. The molecule has 1 aromatic carbocycles. The van der Waals surface area contributed by atoms with Crippen molar-refractivity contribution in [3.05, 3.63) is 30.3 Å². The number of anilines is 1. The van der Waals surface area contributed by atoms with Gasteiger partial charge in [-0.1, -0.05) is 30.3 Å². The zero-order chi connectivity index (χ0) is 14.7. The smallest absolute Gasteiger partial charge is 0.223 e. The lowest BCUT2D eigenvalue weighted by Crippen LogP contribution is -2.41. The average Bonchev–Trinajstić information content (AvgIpc) is 2.77. The lowest BCUT2D eigenvalue weighted by Gasteiger charge is -2.32. The first-order chi connectivity index (χ1) is 9.49. The van der Waals surface area contributed by atoms with Crippen molar-refractivity contribution in [2.45, 2.75) is 0 Å². The quantitative estimate of drug-likeness (QED) is 0.659. The van der Waals surface area contributed by atoms with Gasteiger partial charge in [0, 0.05) is 33.8 Å². The number of aromatic nitrogens is 3. The van der Waals surface area contributed by atoms with Gasteiger partial charge >= 0.3 is 0 Å². The molecule has 1 atom stereocenters. The Morgan fingerprint density at radius 3 is 2.20 bits per heavy atom. The predicted octanol–water partition coefficient (Wildman–Crippen LogP) is 1.14. The number of nitrogens with two attached hydrogens (primary N) is 1. The van der Waals surface area contributed by atoms with E-state index < -0.39 is 0 Å². The minimum atomic E-state index is 0.224. The third-order valence-electron chi connectivity index (χ3n) is 2.61. The van der Waals surface area contributed by atoms with Crippen LogP contribution in [0.15, 0.2) is 30.3 Å². The molecule has 1 unspecified atom stereocenters. The van der Waals surface area contributed by atoms with Gasteiger partial charge in [0.25, 0.3) is 0 Å². The van der Waals surface area contributed by atoms with Crippen LogP contribution in [0.3, 0.4) is 0 Å². The zero-order valence-corrected chi connectivity index (χ0v) is 13.1. The molecule has 1 aromatic heterocycles. The van der Waals surface area contributed by atoms with Crippen LogP contribution in [0.5, 0.6) is 0 Å². The summed E-state index contributed by atoms with van der Waals surface area (Å²) in [7, 11) is 8.11. The van der Waals surface area contributed by atoms with Crippen molar-refractivity contribution < 1.29 is 0 Å². The molecule has 0 radical (unpaired) electrons. The van der Waals surface area contributed by atoms with E-state index in [4.69, 9.17) is 5.73 Å². The average molecular weight is 293 g/mol. The van der Waals surface area contributed by atoms with E-state index in [1.807, 2.05) is 73.4 Å². The van der Waals surface area contributed by atoms with Crippen LogP contribution in [-0.2, 0) is 0 Å². The molecule has 0 amide bonds. The number of hydrogen-bond donors (Lipinski definition) is 1. The maximum atomic E-state index is 5.96. The Labute approximate surface area is 120 Å². The molecule has 0 bridgehead atoms. The number of benzene rings is 1. The molecule has 108 valence electrons. The van der Waals surface area contributed by atoms with Gasteiger partial charge in [-0.25, -0.2) is 10.0 Å². The van der Waals surface area contributed by atoms with Gasteiger partial charge in [-0.15, -0.1) is 9.99 Å². The van der Waals surface area contributed by atoms with Crippen LogP contribution in [0.4, 0.5) is 5.95 Å². The summed E-state index contributed by atoms with van der Waals surface area (Å²) in [5.41, 5.74) is 6.92. The second kappa shape index (κ2) is 6.28. The SMILES string of the molecule is CN(C)N(Pn1nc(-c2ccccc2)nc1N)N(C)C. The van der Waals surface area contributed by atoms with E-state index in [9.17, 15) is 0 Å². The van der Waals surface area contributed by atoms with E-state index >= 15 is 0 Å². The number of hydrazine groups is 2. The molecular weight excluding hydrogens is 273 g/mol. The van der Waals surface area contributed by atoms with Crippen molar-refractivity contribution in [2.75, 3.05) is 33.9 Å². The van der Waals surface area contributed by atoms with Gasteiger partial charge < -0.3 is 5.73 Å². The molecule has 2 N–H and O–H groups in total. The fourth-order valence-corrected chi connectivity index (χ4v) is 2.55. The van der Waals surface area contributed by atoms with Crippen molar-refractivity contribution in [3.63, 3.8) is 0 Å². The molecule has 20 heavy (non-hydrogen) atoms. The maximum absolute atomic E-state index is 5.96. The Morgan fingerprint density at radius 2 is 1.65 bits per heavy atom. The molecule has 2 rings (SSSR count). The lowest BCUT2D eigenvalue weighted by atomic mass is 10.2. The van der Waals surface area contributed by atoms with Gasteiger partial charge in [0.05, 0.1) is 0 Å². The van der Waals surface area contributed by atoms with E-state index in [0.717, 1.165) is 5.56 Å². The Bertz CT molecular complexity index is 544. The topological polar surface area (TPSA) is 66.4 Å². The monoisotopic (exact) mass is 293 g/mol. The minimum Gasteiger partial charge on any atom is -0.368 e. The minimum absolute atomic E-state index is 0.224. The van der Waals surface area contributed by atoms with E-state index in [1.165, 1.54) is 0 Å².